The van der Waals surface area contributed by atoms with Gasteiger partial charge in [0.05, 0.1) is 11.3 Å². The molecule has 1 aliphatic carbocycles. The standard InChI is InChI=1S/C19H21N3O3S/c1-12-16(18(24)25)10-20-19(21-12)26-11-13-6-8-14(9-7-13)17(23)22-15-4-2-3-5-15/h6-10,15H,2-5,11H2,1H3,(H,22,23)(H,24,25). The number of nitrogens with zero attached hydrogens (tertiary/aromatic N) is 2. The van der Waals surface area contributed by atoms with Crippen LogP contribution in [0.1, 0.15) is 57.7 Å². The van der Waals surface area contributed by atoms with Crippen LogP contribution in [0.2, 0.25) is 0 Å². The third kappa shape index (κ3) is 4.60. The van der Waals surface area contributed by atoms with E-state index < -0.39 is 5.97 Å². The quantitative estimate of drug-likeness (QED) is 0.597. The van der Waals surface area contributed by atoms with E-state index in [9.17, 15) is 9.59 Å². The van der Waals surface area contributed by atoms with Crippen LogP contribution in [0.5, 0.6) is 0 Å². The van der Waals surface area contributed by atoms with Crippen molar-refractivity contribution in [1.29, 1.82) is 0 Å². The van der Waals surface area contributed by atoms with Gasteiger partial charge in [0.15, 0.2) is 5.16 Å². The van der Waals surface area contributed by atoms with Gasteiger partial charge in [-0.15, -0.1) is 0 Å². The van der Waals surface area contributed by atoms with Gasteiger partial charge >= 0.3 is 5.97 Å². The molecular formula is C19H21N3O3S. The number of hydrogen-bond acceptors (Lipinski definition) is 5. The number of amides is 1. The largest absolute Gasteiger partial charge is 0.478 e. The van der Waals surface area contributed by atoms with Gasteiger partial charge in [-0.2, -0.15) is 0 Å². The highest BCUT2D eigenvalue weighted by Gasteiger charge is 2.17. The van der Waals surface area contributed by atoms with Gasteiger partial charge < -0.3 is 10.4 Å². The van der Waals surface area contributed by atoms with Crippen molar-refractivity contribution in [2.45, 2.75) is 49.6 Å². The maximum absolute atomic E-state index is 12.2. The molecule has 1 saturated carbocycles. The van der Waals surface area contributed by atoms with E-state index >= 15 is 0 Å². The Kier molecular flexibility index (Phi) is 5.88. The second-order valence-electron chi connectivity index (χ2n) is 6.40. The summed E-state index contributed by atoms with van der Waals surface area (Å²) in [5, 5.41) is 12.6. The number of carbonyl (C=O) groups excluding carboxylic acids is 1. The van der Waals surface area contributed by atoms with Crippen LogP contribution in [0.15, 0.2) is 35.6 Å². The van der Waals surface area contributed by atoms with Gasteiger partial charge in [-0.05, 0) is 37.5 Å². The average Bonchev–Trinajstić information content (AvgIpc) is 3.13. The first-order valence-electron chi connectivity index (χ1n) is 8.62. The van der Waals surface area contributed by atoms with Gasteiger partial charge in [0.25, 0.3) is 5.91 Å². The molecule has 0 saturated heterocycles. The Hall–Kier alpha value is -2.41. The SMILES string of the molecule is Cc1nc(SCc2ccc(C(=O)NC3CCCC3)cc2)ncc1C(=O)O. The van der Waals surface area contributed by atoms with Gasteiger partial charge in [0.1, 0.15) is 0 Å². The van der Waals surface area contributed by atoms with E-state index in [2.05, 4.69) is 15.3 Å². The summed E-state index contributed by atoms with van der Waals surface area (Å²) in [6, 6.07) is 7.83. The monoisotopic (exact) mass is 371 g/mol. The molecular weight excluding hydrogens is 350 g/mol. The van der Waals surface area contributed by atoms with E-state index in [0.717, 1.165) is 18.4 Å². The summed E-state index contributed by atoms with van der Waals surface area (Å²) < 4.78 is 0. The zero-order valence-corrected chi connectivity index (χ0v) is 15.4. The number of nitrogens with one attached hydrogen (secondary N) is 1. The number of carboxylic acids is 1. The first-order valence-corrected chi connectivity index (χ1v) is 9.61. The smallest absolute Gasteiger partial charge is 0.339 e. The van der Waals surface area contributed by atoms with Crippen LogP contribution in [0.3, 0.4) is 0 Å². The van der Waals surface area contributed by atoms with Crippen molar-refractivity contribution in [2.75, 3.05) is 0 Å². The Balaban J connectivity index is 1.56. The fourth-order valence-corrected chi connectivity index (χ4v) is 3.78. The topological polar surface area (TPSA) is 92.2 Å². The van der Waals surface area contributed by atoms with Gasteiger partial charge in [0, 0.05) is 23.6 Å². The summed E-state index contributed by atoms with van der Waals surface area (Å²) in [6.07, 6.45) is 5.86. The molecule has 1 amide bonds. The number of aromatic nitrogens is 2. The minimum Gasteiger partial charge on any atom is -0.478 e. The highest BCUT2D eigenvalue weighted by molar-refractivity contribution is 7.98. The van der Waals surface area contributed by atoms with E-state index in [0.29, 0.717) is 28.2 Å². The summed E-state index contributed by atoms with van der Waals surface area (Å²) in [5.41, 5.74) is 2.29. The average molecular weight is 371 g/mol. The molecule has 0 spiro atoms. The fraction of sp³-hybridized carbons (Fsp3) is 0.368. The molecule has 136 valence electrons. The molecule has 1 fully saturated rings. The van der Waals surface area contributed by atoms with Gasteiger partial charge in [-0.3, -0.25) is 4.79 Å². The van der Waals surface area contributed by atoms with Crippen LogP contribution in [0.4, 0.5) is 0 Å². The molecule has 2 aromatic rings. The predicted octanol–water partition coefficient (Wildman–Crippen LogP) is 3.45. The van der Waals surface area contributed by atoms with Crippen LogP contribution < -0.4 is 5.32 Å². The van der Waals surface area contributed by atoms with Crippen molar-refractivity contribution in [2.24, 2.45) is 0 Å². The van der Waals surface area contributed by atoms with E-state index in [1.807, 2.05) is 24.3 Å². The molecule has 26 heavy (non-hydrogen) atoms. The maximum Gasteiger partial charge on any atom is 0.339 e. The van der Waals surface area contributed by atoms with Crippen molar-refractivity contribution >= 4 is 23.6 Å². The Morgan fingerprint density at radius 3 is 2.54 bits per heavy atom. The summed E-state index contributed by atoms with van der Waals surface area (Å²) in [7, 11) is 0. The third-order valence-electron chi connectivity index (χ3n) is 4.46. The van der Waals surface area contributed by atoms with Crippen molar-refractivity contribution in [3.63, 3.8) is 0 Å². The Bertz CT molecular complexity index is 802. The molecule has 0 atom stereocenters. The van der Waals surface area contributed by atoms with Gasteiger partial charge in [0.2, 0.25) is 0 Å². The van der Waals surface area contributed by atoms with Crippen molar-refractivity contribution in [1.82, 2.24) is 15.3 Å². The highest BCUT2D eigenvalue weighted by atomic mass is 32.2. The van der Waals surface area contributed by atoms with E-state index in [4.69, 9.17) is 5.11 Å². The predicted molar refractivity (Wildman–Crippen MR) is 99.5 cm³/mol. The van der Waals surface area contributed by atoms with E-state index in [1.54, 1.807) is 6.92 Å². The third-order valence-corrected chi connectivity index (χ3v) is 5.39. The normalized spacial score (nSPS) is 14.3. The number of benzene rings is 1. The minimum atomic E-state index is -1.02. The molecule has 1 heterocycles. The lowest BCUT2D eigenvalue weighted by atomic mass is 10.1. The summed E-state index contributed by atoms with van der Waals surface area (Å²) in [5.74, 6) is -0.388. The summed E-state index contributed by atoms with van der Waals surface area (Å²) >= 11 is 1.43. The van der Waals surface area contributed by atoms with Gasteiger partial charge in [-0.25, -0.2) is 14.8 Å². The number of rotatable bonds is 6. The minimum absolute atomic E-state index is 0.0145. The number of carbonyl (C=O) groups is 2. The zero-order chi connectivity index (χ0) is 18.5. The molecule has 1 aliphatic rings. The highest BCUT2D eigenvalue weighted by Crippen LogP contribution is 2.21. The summed E-state index contributed by atoms with van der Waals surface area (Å²) in [4.78, 5) is 31.5. The fourth-order valence-electron chi connectivity index (χ4n) is 2.96. The van der Waals surface area contributed by atoms with Crippen molar-refractivity contribution in [3.05, 3.63) is 52.8 Å². The molecule has 0 unspecified atom stereocenters. The van der Waals surface area contributed by atoms with Crippen molar-refractivity contribution < 1.29 is 14.7 Å². The first kappa shape index (κ1) is 18.4. The molecule has 3 rings (SSSR count). The van der Waals surface area contributed by atoms with Crippen LogP contribution in [0.25, 0.3) is 0 Å². The number of thioether (sulfide) groups is 1. The molecule has 0 bridgehead atoms. The van der Waals surface area contributed by atoms with Gasteiger partial charge in [-0.1, -0.05) is 36.7 Å². The molecule has 7 heteroatoms. The second kappa shape index (κ2) is 8.31. The second-order valence-corrected chi connectivity index (χ2v) is 7.34. The lowest BCUT2D eigenvalue weighted by Crippen LogP contribution is -2.32. The van der Waals surface area contributed by atoms with Crippen LogP contribution in [-0.2, 0) is 5.75 Å². The maximum atomic E-state index is 12.2. The first-order chi connectivity index (χ1) is 12.5. The number of aryl methyl sites for hydroxylation is 1. The van der Waals surface area contributed by atoms with E-state index in [1.165, 1.54) is 30.8 Å². The Morgan fingerprint density at radius 2 is 1.92 bits per heavy atom. The molecule has 1 aromatic carbocycles. The molecule has 0 radical (unpaired) electrons. The van der Waals surface area contributed by atoms with Crippen LogP contribution in [0, 0.1) is 6.92 Å². The van der Waals surface area contributed by atoms with Crippen molar-refractivity contribution in [3.8, 4) is 0 Å². The van der Waals surface area contributed by atoms with Crippen LogP contribution in [-0.4, -0.2) is 33.0 Å². The zero-order valence-electron chi connectivity index (χ0n) is 14.6. The molecule has 6 nitrogen and oxygen atoms in total. The molecule has 1 aromatic heterocycles. The van der Waals surface area contributed by atoms with Crippen LogP contribution >= 0.6 is 11.8 Å². The summed E-state index contributed by atoms with van der Waals surface area (Å²) in [6.45, 7) is 1.66. The number of hydrogen-bond donors (Lipinski definition) is 2. The molecule has 2 N–H and O–H groups in total. The lowest BCUT2D eigenvalue weighted by molar-refractivity contribution is 0.0694. The Morgan fingerprint density at radius 1 is 1.23 bits per heavy atom. The molecule has 0 aliphatic heterocycles. The Labute approximate surface area is 156 Å². The number of aromatic carboxylic acids is 1. The van der Waals surface area contributed by atoms with E-state index in [-0.39, 0.29) is 11.5 Å². The lowest BCUT2D eigenvalue weighted by Gasteiger charge is -2.12. The number of carboxylic acid groups (broad SMARTS) is 1.